The van der Waals surface area contributed by atoms with Crippen molar-refractivity contribution >= 4 is 27.4 Å². The van der Waals surface area contributed by atoms with E-state index in [0.29, 0.717) is 11.7 Å². The van der Waals surface area contributed by atoms with Gasteiger partial charge >= 0.3 is 0 Å². The first-order valence-corrected chi connectivity index (χ1v) is 6.02. The van der Waals surface area contributed by atoms with Gasteiger partial charge in [0.25, 0.3) is 0 Å². The zero-order valence-corrected chi connectivity index (χ0v) is 10.7. The second-order valence-electron chi connectivity index (χ2n) is 4.26. The van der Waals surface area contributed by atoms with Gasteiger partial charge in [-0.3, -0.25) is 0 Å². The summed E-state index contributed by atoms with van der Waals surface area (Å²) in [4.78, 5) is 6.59. The van der Waals surface area contributed by atoms with Gasteiger partial charge in [0.15, 0.2) is 0 Å². The van der Waals surface area contributed by atoms with Crippen LogP contribution in [0, 0.1) is 5.92 Å². The number of nitrogens with zero attached hydrogens (tertiary/aromatic N) is 2. The standard InChI is InChI=1S/C11H16BrN3/c1-7(8-3-4-8)15(2)11-10(12)5-9(13)6-14-11/h5-8H,3-4,13H2,1-2H3. The van der Waals surface area contributed by atoms with E-state index >= 15 is 0 Å². The predicted octanol–water partition coefficient (Wildman–Crippen LogP) is 2.66. The van der Waals surface area contributed by atoms with Crippen LogP contribution in [0.5, 0.6) is 0 Å². The molecule has 3 nitrogen and oxygen atoms in total. The molecule has 1 fully saturated rings. The minimum absolute atomic E-state index is 0.553. The molecular formula is C11H16BrN3. The first-order valence-electron chi connectivity index (χ1n) is 5.23. The number of anilines is 2. The van der Waals surface area contributed by atoms with Gasteiger partial charge in [-0.25, -0.2) is 4.98 Å². The molecular weight excluding hydrogens is 254 g/mol. The molecule has 15 heavy (non-hydrogen) atoms. The van der Waals surface area contributed by atoms with Gasteiger partial charge < -0.3 is 10.6 Å². The Kier molecular flexibility index (Phi) is 2.87. The molecule has 0 bridgehead atoms. The number of rotatable bonds is 3. The fourth-order valence-corrected chi connectivity index (χ4v) is 2.44. The summed E-state index contributed by atoms with van der Waals surface area (Å²) in [6, 6.07) is 2.45. The molecule has 4 heteroatoms. The summed E-state index contributed by atoms with van der Waals surface area (Å²) < 4.78 is 0.970. The van der Waals surface area contributed by atoms with Gasteiger partial charge in [0.1, 0.15) is 5.82 Å². The van der Waals surface area contributed by atoms with Gasteiger partial charge in [0.2, 0.25) is 0 Å². The number of nitrogens with two attached hydrogens (primary N) is 1. The van der Waals surface area contributed by atoms with Crippen molar-refractivity contribution in [3.05, 3.63) is 16.7 Å². The van der Waals surface area contributed by atoms with E-state index in [4.69, 9.17) is 5.73 Å². The van der Waals surface area contributed by atoms with Crippen LogP contribution in [0.25, 0.3) is 0 Å². The maximum atomic E-state index is 5.66. The van der Waals surface area contributed by atoms with Gasteiger partial charge in [0, 0.05) is 13.1 Å². The van der Waals surface area contributed by atoms with E-state index in [-0.39, 0.29) is 0 Å². The summed E-state index contributed by atoms with van der Waals surface area (Å²) in [6.07, 6.45) is 4.40. The topological polar surface area (TPSA) is 42.2 Å². The van der Waals surface area contributed by atoms with E-state index in [9.17, 15) is 0 Å². The smallest absolute Gasteiger partial charge is 0.143 e. The van der Waals surface area contributed by atoms with Crippen molar-refractivity contribution in [3.63, 3.8) is 0 Å². The molecule has 2 N–H and O–H groups in total. The highest BCUT2D eigenvalue weighted by Crippen LogP contribution is 2.37. The first-order chi connectivity index (χ1) is 7.09. The van der Waals surface area contributed by atoms with Gasteiger partial charge in [-0.2, -0.15) is 0 Å². The van der Waals surface area contributed by atoms with Gasteiger partial charge in [-0.1, -0.05) is 0 Å². The summed E-state index contributed by atoms with van der Waals surface area (Å²) in [7, 11) is 2.09. The van der Waals surface area contributed by atoms with Crippen molar-refractivity contribution in [2.45, 2.75) is 25.8 Å². The molecule has 1 aliphatic rings. The van der Waals surface area contributed by atoms with Crippen molar-refractivity contribution < 1.29 is 0 Å². The van der Waals surface area contributed by atoms with Crippen LogP contribution in [0.3, 0.4) is 0 Å². The molecule has 82 valence electrons. The molecule has 0 aromatic carbocycles. The molecule has 0 spiro atoms. The largest absolute Gasteiger partial charge is 0.397 e. The van der Waals surface area contributed by atoms with Crippen molar-refractivity contribution in [2.24, 2.45) is 5.92 Å². The summed E-state index contributed by atoms with van der Waals surface area (Å²) in [5.74, 6) is 1.81. The molecule has 0 radical (unpaired) electrons. The van der Waals surface area contributed by atoms with Gasteiger partial charge in [0.05, 0.1) is 16.4 Å². The Morgan fingerprint density at radius 2 is 2.27 bits per heavy atom. The number of hydrogen-bond donors (Lipinski definition) is 1. The minimum atomic E-state index is 0.553. The van der Waals surface area contributed by atoms with Crippen molar-refractivity contribution in [1.82, 2.24) is 4.98 Å². The molecule has 0 saturated heterocycles. The number of hydrogen-bond acceptors (Lipinski definition) is 3. The third-order valence-electron chi connectivity index (χ3n) is 3.09. The lowest BCUT2D eigenvalue weighted by Gasteiger charge is -2.26. The number of nitrogen functional groups attached to an aromatic ring is 1. The van der Waals surface area contributed by atoms with Crippen LogP contribution in [0.2, 0.25) is 0 Å². The molecule has 1 aromatic rings. The van der Waals surface area contributed by atoms with Crippen LogP contribution < -0.4 is 10.6 Å². The van der Waals surface area contributed by atoms with Crippen LogP contribution in [0.4, 0.5) is 11.5 Å². The Bertz CT molecular complexity index is 363. The molecule has 1 aliphatic carbocycles. The Labute approximate surface area is 98.8 Å². The Morgan fingerprint density at radius 3 is 2.80 bits per heavy atom. The molecule has 1 heterocycles. The molecule has 1 saturated carbocycles. The maximum absolute atomic E-state index is 5.66. The SMILES string of the molecule is CC(C1CC1)N(C)c1ncc(N)cc1Br. The number of pyridine rings is 1. The predicted molar refractivity (Wildman–Crippen MR) is 66.9 cm³/mol. The third kappa shape index (κ3) is 2.25. The molecule has 1 aromatic heterocycles. The second kappa shape index (κ2) is 4.00. The highest BCUT2D eigenvalue weighted by molar-refractivity contribution is 9.10. The fraction of sp³-hybridized carbons (Fsp3) is 0.545. The van der Waals surface area contributed by atoms with Crippen molar-refractivity contribution in [2.75, 3.05) is 17.7 Å². The highest BCUT2D eigenvalue weighted by atomic mass is 79.9. The zero-order chi connectivity index (χ0) is 11.0. The van der Waals surface area contributed by atoms with E-state index in [1.54, 1.807) is 6.20 Å². The van der Waals surface area contributed by atoms with E-state index in [0.717, 1.165) is 16.2 Å². The first kappa shape index (κ1) is 10.7. The fourth-order valence-electron chi connectivity index (χ4n) is 1.79. The van der Waals surface area contributed by atoms with Crippen LogP contribution in [-0.2, 0) is 0 Å². The lowest BCUT2D eigenvalue weighted by atomic mass is 10.2. The zero-order valence-electron chi connectivity index (χ0n) is 9.07. The monoisotopic (exact) mass is 269 g/mol. The van der Waals surface area contributed by atoms with Gasteiger partial charge in [-0.05, 0) is 47.7 Å². The third-order valence-corrected chi connectivity index (χ3v) is 3.68. The van der Waals surface area contributed by atoms with Crippen molar-refractivity contribution in [3.8, 4) is 0 Å². The molecule has 0 amide bonds. The lowest BCUT2D eigenvalue weighted by molar-refractivity contribution is 0.603. The lowest BCUT2D eigenvalue weighted by Crippen LogP contribution is -2.31. The summed E-state index contributed by atoms with van der Waals surface area (Å²) in [5.41, 5.74) is 6.36. The Hall–Kier alpha value is -0.770. The summed E-state index contributed by atoms with van der Waals surface area (Å²) >= 11 is 3.50. The number of aromatic nitrogens is 1. The van der Waals surface area contributed by atoms with Crippen LogP contribution in [-0.4, -0.2) is 18.1 Å². The van der Waals surface area contributed by atoms with E-state index in [1.807, 2.05) is 6.07 Å². The quantitative estimate of drug-likeness (QED) is 0.918. The second-order valence-corrected chi connectivity index (χ2v) is 5.12. The molecule has 1 atom stereocenters. The Morgan fingerprint density at radius 1 is 1.60 bits per heavy atom. The average molecular weight is 270 g/mol. The van der Waals surface area contributed by atoms with E-state index in [1.165, 1.54) is 12.8 Å². The summed E-state index contributed by atoms with van der Waals surface area (Å²) in [6.45, 7) is 2.25. The average Bonchev–Trinajstić information content (AvgIpc) is 2.99. The van der Waals surface area contributed by atoms with Crippen LogP contribution in [0.15, 0.2) is 16.7 Å². The number of halogens is 1. The van der Waals surface area contributed by atoms with Crippen LogP contribution in [0.1, 0.15) is 19.8 Å². The molecule has 0 aliphatic heterocycles. The van der Waals surface area contributed by atoms with Crippen molar-refractivity contribution in [1.29, 1.82) is 0 Å². The molecule has 1 unspecified atom stereocenters. The van der Waals surface area contributed by atoms with E-state index < -0.39 is 0 Å². The Balaban J connectivity index is 2.20. The van der Waals surface area contributed by atoms with E-state index in [2.05, 4.69) is 39.8 Å². The van der Waals surface area contributed by atoms with Crippen LogP contribution >= 0.6 is 15.9 Å². The summed E-state index contributed by atoms with van der Waals surface area (Å²) in [5, 5.41) is 0. The normalized spacial score (nSPS) is 17.5. The highest BCUT2D eigenvalue weighted by Gasteiger charge is 2.31. The van der Waals surface area contributed by atoms with Gasteiger partial charge in [-0.15, -0.1) is 0 Å². The maximum Gasteiger partial charge on any atom is 0.143 e. The molecule has 2 rings (SSSR count). The minimum Gasteiger partial charge on any atom is -0.397 e.